The predicted octanol–water partition coefficient (Wildman–Crippen LogP) is 2.57. The Labute approximate surface area is 137 Å². The van der Waals surface area contributed by atoms with Gasteiger partial charge in [0.2, 0.25) is 0 Å². The van der Waals surface area contributed by atoms with E-state index in [9.17, 15) is 17.6 Å². The van der Waals surface area contributed by atoms with Crippen LogP contribution in [0.2, 0.25) is 5.02 Å². The van der Waals surface area contributed by atoms with Crippen LogP contribution >= 0.6 is 11.6 Å². The van der Waals surface area contributed by atoms with E-state index in [4.69, 9.17) is 11.6 Å². The zero-order valence-electron chi connectivity index (χ0n) is 11.8. The summed E-state index contributed by atoms with van der Waals surface area (Å²) >= 11 is 5.91. The maximum Gasteiger partial charge on any atom is 0.274 e. The van der Waals surface area contributed by atoms with Gasteiger partial charge in [0, 0.05) is 11.3 Å². The fraction of sp³-hybridized carbons (Fsp3) is 0.0714. The molecule has 2 rings (SSSR count). The summed E-state index contributed by atoms with van der Waals surface area (Å²) in [5, 5.41) is -0.0615. The number of carbonyl (C=O) groups excluding carboxylic acids is 1. The molecule has 0 atom stereocenters. The van der Waals surface area contributed by atoms with E-state index in [0.717, 1.165) is 18.2 Å². The van der Waals surface area contributed by atoms with Crippen molar-refractivity contribution in [3.63, 3.8) is 0 Å². The highest BCUT2D eigenvalue weighted by molar-refractivity contribution is 7.92. The van der Waals surface area contributed by atoms with Crippen molar-refractivity contribution >= 4 is 33.2 Å². The standard InChI is InChI=1S/C14H12ClFN2O4S/c1-22-17-14(19)9-2-7-12(15)13(8-9)23(20,21)18-11-5-3-10(16)4-6-11/h2-8,18H,1H3,(H,17,19). The van der Waals surface area contributed by atoms with Gasteiger partial charge >= 0.3 is 0 Å². The molecule has 0 aliphatic rings. The second kappa shape index (κ2) is 6.95. The molecule has 0 bridgehead atoms. The maximum atomic E-state index is 12.9. The molecule has 0 aliphatic heterocycles. The van der Waals surface area contributed by atoms with Gasteiger partial charge < -0.3 is 0 Å². The van der Waals surface area contributed by atoms with Crippen LogP contribution < -0.4 is 10.2 Å². The molecule has 122 valence electrons. The van der Waals surface area contributed by atoms with Crippen molar-refractivity contribution < 1.29 is 22.4 Å². The largest absolute Gasteiger partial charge is 0.280 e. The van der Waals surface area contributed by atoms with Gasteiger partial charge in [-0.25, -0.2) is 18.3 Å². The van der Waals surface area contributed by atoms with Gasteiger partial charge in [0.05, 0.1) is 12.1 Å². The summed E-state index contributed by atoms with van der Waals surface area (Å²) in [4.78, 5) is 15.9. The summed E-state index contributed by atoms with van der Waals surface area (Å²) in [5.74, 6) is -1.12. The lowest BCUT2D eigenvalue weighted by Gasteiger charge is -2.11. The average molecular weight is 359 g/mol. The van der Waals surface area contributed by atoms with Crippen LogP contribution in [0.4, 0.5) is 10.1 Å². The molecular weight excluding hydrogens is 347 g/mol. The molecule has 6 nitrogen and oxygen atoms in total. The van der Waals surface area contributed by atoms with Gasteiger partial charge in [-0.1, -0.05) is 11.6 Å². The number of hydrogen-bond acceptors (Lipinski definition) is 4. The third kappa shape index (κ3) is 4.19. The third-order valence-corrected chi connectivity index (χ3v) is 4.64. The number of hydroxylamine groups is 1. The van der Waals surface area contributed by atoms with Crippen LogP contribution in [0.15, 0.2) is 47.4 Å². The fourth-order valence-corrected chi connectivity index (χ4v) is 3.32. The Morgan fingerprint density at radius 2 is 1.83 bits per heavy atom. The normalized spacial score (nSPS) is 11.1. The minimum Gasteiger partial charge on any atom is -0.280 e. The zero-order valence-corrected chi connectivity index (χ0v) is 13.4. The first-order valence-electron chi connectivity index (χ1n) is 6.25. The first kappa shape index (κ1) is 17.2. The number of hydrogen-bond donors (Lipinski definition) is 2. The number of carbonyl (C=O) groups is 1. The lowest BCUT2D eigenvalue weighted by molar-refractivity contribution is 0.0537. The lowest BCUT2D eigenvalue weighted by Crippen LogP contribution is -2.22. The molecule has 2 aromatic rings. The van der Waals surface area contributed by atoms with Gasteiger partial charge in [-0.3, -0.25) is 14.4 Å². The van der Waals surface area contributed by atoms with Crippen molar-refractivity contribution in [1.82, 2.24) is 5.48 Å². The highest BCUT2D eigenvalue weighted by atomic mass is 35.5. The minimum absolute atomic E-state index is 0.0516. The number of amides is 1. The number of benzene rings is 2. The molecule has 0 fully saturated rings. The van der Waals surface area contributed by atoms with E-state index in [1.54, 1.807) is 0 Å². The van der Waals surface area contributed by atoms with Crippen LogP contribution in [-0.2, 0) is 14.9 Å². The highest BCUT2D eigenvalue weighted by Gasteiger charge is 2.20. The SMILES string of the molecule is CONC(=O)c1ccc(Cl)c(S(=O)(=O)Nc2ccc(F)cc2)c1. The van der Waals surface area contributed by atoms with E-state index in [0.29, 0.717) is 0 Å². The first-order chi connectivity index (χ1) is 10.8. The van der Waals surface area contributed by atoms with Crippen LogP contribution in [0.3, 0.4) is 0 Å². The van der Waals surface area contributed by atoms with E-state index < -0.39 is 21.7 Å². The summed E-state index contributed by atoms with van der Waals surface area (Å²) in [7, 11) is -2.80. The molecule has 0 heterocycles. The second-order valence-corrected chi connectivity index (χ2v) is 6.45. The number of halogens is 2. The van der Waals surface area contributed by atoms with Crippen molar-refractivity contribution in [2.24, 2.45) is 0 Å². The van der Waals surface area contributed by atoms with Gasteiger partial charge in [-0.15, -0.1) is 0 Å². The molecule has 0 aromatic heterocycles. The van der Waals surface area contributed by atoms with Crippen molar-refractivity contribution in [3.8, 4) is 0 Å². The fourth-order valence-electron chi connectivity index (χ4n) is 1.73. The lowest BCUT2D eigenvalue weighted by atomic mass is 10.2. The summed E-state index contributed by atoms with van der Waals surface area (Å²) < 4.78 is 39.9. The third-order valence-electron chi connectivity index (χ3n) is 2.77. The van der Waals surface area contributed by atoms with Crippen LogP contribution in [0, 0.1) is 5.82 Å². The molecule has 0 spiro atoms. The summed E-state index contributed by atoms with van der Waals surface area (Å²) in [6.07, 6.45) is 0. The second-order valence-electron chi connectivity index (χ2n) is 4.39. The van der Waals surface area contributed by atoms with Crippen LogP contribution in [0.1, 0.15) is 10.4 Å². The summed E-state index contributed by atoms with van der Waals surface area (Å²) in [6.45, 7) is 0. The van der Waals surface area contributed by atoms with E-state index in [1.807, 2.05) is 0 Å². The molecule has 2 N–H and O–H groups in total. The molecule has 23 heavy (non-hydrogen) atoms. The molecule has 1 amide bonds. The Balaban J connectivity index is 2.36. The van der Waals surface area contributed by atoms with E-state index >= 15 is 0 Å². The smallest absolute Gasteiger partial charge is 0.274 e. The van der Waals surface area contributed by atoms with Gasteiger partial charge in [-0.05, 0) is 42.5 Å². The molecule has 0 saturated heterocycles. The van der Waals surface area contributed by atoms with Crippen LogP contribution in [-0.4, -0.2) is 21.4 Å². The Morgan fingerprint density at radius 1 is 1.17 bits per heavy atom. The Kier molecular flexibility index (Phi) is 5.19. The predicted molar refractivity (Wildman–Crippen MR) is 83.1 cm³/mol. The Hall–Kier alpha value is -2.16. The topological polar surface area (TPSA) is 84.5 Å². The quantitative estimate of drug-likeness (QED) is 0.804. The van der Waals surface area contributed by atoms with Gasteiger partial charge in [0.1, 0.15) is 10.7 Å². The minimum atomic E-state index is -4.05. The number of nitrogens with one attached hydrogen (secondary N) is 2. The number of rotatable bonds is 5. The maximum absolute atomic E-state index is 12.9. The molecule has 9 heteroatoms. The van der Waals surface area contributed by atoms with Crippen molar-refractivity contribution in [3.05, 3.63) is 58.9 Å². The Bertz CT molecular complexity index is 825. The number of sulfonamides is 1. The van der Waals surface area contributed by atoms with Crippen LogP contribution in [0.5, 0.6) is 0 Å². The van der Waals surface area contributed by atoms with Gasteiger partial charge in [0.25, 0.3) is 15.9 Å². The summed E-state index contributed by atoms with van der Waals surface area (Å²) in [5.41, 5.74) is 2.29. The van der Waals surface area contributed by atoms with E-state index in [-0.39, 0.29) is 21.2 Å². The van der Waals surface area contributed by atoms with E-state index in [2.05, 4.69) is 15.0 Å². The molecule has 0 saturated carbocycles. The molecule has 0 aliphatic carbocycles. The molecular formula is C14H12ClFN2O4S. The molecule has 0 radical (unpaired) electrons. The van der Waals surface area contributed by atoms with Crippen molar-refractivity contribution in [1.29, 1.82) is 0 Å². The van der Waals surface area contributed by atoms with Crippen molar-refractivity contribution in [2.45, 2.75) is 4.90 Å². The highest BCUT2D eigenvalue weighted by Crippen LogP contribution is 2.25. The first-order valence-corrected chi connectivity index (χ1v) is 8.11. The van der Waals surface area contributed by atoms with E-state index in [1.165, 1.54) is 31.4 Å². The monoisotopic (exact) mass is 358 g/mol. The van der Waals surface area contributed by atoms with Gasteiger partial charge in [0.15, 0.2) is 0 Å². The molecule has 2 aromatic carbocycles. The zero-order chi connectivity index (χ0) is 17.0. The summed E-state index contributed by atoms with van der Waals surface area (Å²) in [6, 6.07) is 8.51. The average Bonchev–Trinajstić information content (AvgIpc) is 2.50. The van der Waals surface area contributed by atoms with Crippen LogP contribution in [0.25, 0.3) is 0 Å². The van der Waals surface area contributed by atoms with Gasteiger partial charge in [-0.2, -0.15) is 0 Å². The van der Waals surface area contributed by atoms with Crippen molar-refractivity contribution in [2.75, 3.05) is 11.8 Å². The Morgan fingerprint density at radius 3 is 2.43 bits per heavy atom. The number of anilines is 1. The molecule has 0 unspecified atom stereocenters.